The molecule has 1 spiro atoms. The van der Waals surface area contributed by atoms with Crippen LogP contribution in [0.4, 0.5) is 0 Å². The summed E-state index contributed by atoms with van der Waals surface area (Å²) in [7, 11) is 1.92. The second-order valence-electron chi connectivity index (χ2n) is 19.7. The number of aliphatic hydroxyl groups is 1. The van der Waals surface area contributed by atoms with Crippen molar-refractivity contribution in [2.75, 3.05) is 7.11 Å². The summed E-state index contributed by atoms with van der Waals surface area (Å²) in [6, 6.07) is 0. The van der Waals surface area contributed by atoms with Gasteiger partial charge in [0.05, 0.1) is 12.2 Å². The first kappa shape index (κ1) is 40.4. The number of aliphatic hydroxyl groups excluding tert-OH is 1. The molecule has 4 aliphatic carbocycles. The lowest BCUT2D eigenvalue weighted by molar-refractivity contribution is -0.000120. The zero-order valence-corrected chi connectivity index (χ0v) is 33.8. The Balaban J connectivity index is 1.17. The van der Waals surface area contributed by atoms with Gasteiger partial charge in [-0.05, 0) is 173 Å². The van der Waals surface area contributed by atoms with E-state index in [0.717, 1.165) is 53.8 Å². The summed E-state index contributed by atoms with van der Waals surface area (Å²) < 4.78 is 5.82. The van der Waals surface area contributed by atoms with Gasteiger partial charge in [-0.2, -0.15) is 0 Å². The quantitative estimate of drug-likeness (QED) is 0.166. The van der Waals surface area contributed by atoms with Crippen molar-refractivity contribution in [2.45, 2.75) is 209 Å². The zero-order valence-electron chi connectivity index (χ0n) is 33.8. The van der Waals surface area contributed by atoms with Crippen LogP contribution in [-0.2, 0) is 4.74 Å². The van der Waals surface area contributed by atoms with Gasteiger partial charge in [-0.1, -0.05) is 99.1 Å². The molecule has 48 heavy (non-hydrogen) atoms. The molecule has 4 rings (SSSR count). The van der Waals surface area contributed by atoms with Gasteiger partial charge in [0.15, 0.2) is 0 Å². The number of hydrogen-bond donors (Lipinski definition) is 1. The van der Waals surface area contributed by atoms with Crippen LogP contribution in [0.5, 0.6) is 0 Å². The van der Waals surface area contributed by atoms with Crippen LogP contribution in [0.15, 0.2) is 11.6 Å². The predicted molar refractivity (Wildman–Crippen MR) is 208 cm³/mol. The van der Waals surface area contributed by atoms with Crippen molar-refractivity contribution in [1.29, 1.82) is 0 Å². The fraction of sp³-hybridized carbons (Fsp3) is 0.957. The fourth-order valence-corrected chi connectivity index (χ4v) is 12.1. The molecule has 0 amide bonds. The van der Waals surface area contributed by atoms with Crippen molar-refractivity contribution in [1.82, 2.24) is 0 Å². The molecule has 0 aromatic heterocycles. The maximum absolute atomic E-state index is 11.6. The fourth-order valence-electron chi connectivity index (χ4n) is 12.1. The van der Waals surface area contributed by atoms with E-state index in [1.54, 1.807) is 5.57 Å². The molecule has 9 unspecified atom stereocenters. The summed E-state index contributed by atoms with van der Waals surface area (Å²) in [5.74, 6) is 7.03. The van der Waals surface area contributed by atoms with E-state index in [2.05, 4.69) is 61.5 Å². The molecule has 9 atom stereocenters. The number of ether oxygens (including phenoxy) is 1. The summed E-state index contributed by atoms with van der Waals surface area (Å²) >= 11 is 0. The molecule has 0 heterocycles. The Morgan fingerprint density at radius 2 is 1.54 bits per heavy atom. The van der Waals surface area contributed by atoms with Crippen molar-refractivity contribution >= 4 is 0 Å². The minimum atomic E-state index is -0.0673. The summed E-state index contributed by atoms with van der Waals surface area (Å²) in [4.78, 5) is 0. The number of rotatable bonds is 16. The maximum Gasteiger partial charge on any atom is 0.0576 e. The lowest BCUT2D eigenvalue weighted by Gasteiger charge is -2.47. The lowest BCUT2D eigenvalue weighted by atomic mass is 9.59. The van der Waals surface area contributed by atoms with E-state index < -0.39 is 0 Å². The summed E-state index contributed by atoms with van der Waals surface area (Å²) in [5.41, 5.74) is 2.80. The van der Waals surface area contributed by atoms with E-state index in [0.29, 0.717) is 22.9 Å². The second kappa shape index (κ2) is 18.9. The van der Waals surface area contributed by atoms with Crippen LogP contribution in [0.25, 0.3) is 0 Å². The van der Waals surface area contributed by atoms with Gasteiger partial charge in [-0.3, -0.25) is 0 Å². The van der Waals surface area contributed by atoms with Crippen LogP contribution in [0, 0.1) is 64.1 Å². The van der Waals surface area contributed by atoms with Gasteiger partial charge in [0, 0.05) is 7.11 Å². The molecule has 280 valence electrons. The first-order valence-corrected chi connectivity index (χ1v) is 21.8. The Bertz CT molecular complexity index is 932. The van der Waals surface area contributed by atoms with Crippen molar-refractivity contribution in [3.8, 4) is 0 Å². The van der Waals surface area contributed by atoms with Crippen molar-refractivity contribution in [2.24, 2.45) is 64.1 Å². The minimum Gasteiger partial charge on any atom is -0.393 e. The smallest absolute Gasteiger partial charge is 0.0576 e. The third kappa shape index (κ3) is 11.3. The molecule has 0 aromatic carbocycles. The predicted octanol–water partition coefficient (Wildman–Crippen LogP) is 13.6. The monoisotopic (exact) mass is 669 g/mol. The first-order valence-electron chi connectivity index (χ1n) is 21.8. The highest BCUT2D eigenvalue weighted by Gasteiger charge is 2.41. The third-order valence-corrected chi connectivity index (χ3v) is 15.7. The highest BCUT2D eigenvalue weighted by Crippen LogP contribution is 2.53. The average molecular weight is 669 g/mol. The van der Waals surface area contributed by atoms with E-state index in [-0.39, 0.29) is 6.10 Å². The normalized spacial score (nSPS) is 38.2. The van der Waals surface area contributed by atoms with Crippen LogP contribution in [0.3, 0.4) is 0 Å². The molecular weight excluding hydrogens is 585 g/mol. The van der Waals surface area contributed by atoms with Crippen molar-refractivity contribution in [3.05, 3.63) is 11.6 Å². The van der Waals surface area contributed by atoms with Crippen LogP contribution >= 0.6 is 0 Å². The van der Waals surface area contributed by atoms with Gasteiger partial charge in [0.2, 0.25) is 0 Å². The molecule has 0 aliphatic heterocycles. The van der Waals surface area contributed by atoms with Crippen LogP contribution in [0.1, 0.15) is 197 Å². The molecule has 1 N–H and O–H groups in total. The summed E-state index contributed by atoms with van der Waals surface area (Å²) in [6.07, 6.45) is 32.4. The lowest BCUT2D eigenvalue weighted by Crippen LogP contribution is -2.37. The zero-order chi connectivity index (χ0) is 34.9. The maximum atomic E-state index is 11.6. The Labute approximate surface area is 300 Å². The van der Waals surface area contributed by atoms with E-state index in [9.17, 15) is 5.11 Å². The molecule has 2 nitrogen and oxygen atoms in total. The summed E-state index contributed by atoms with van der Waals surface area (Å²) in [6.45, 7) is 19.8. The Morgan fingerprint density at radius 1 is 0.875 bits per heavy atom. The van der Waals surface area contributed by atoms with Gasteiger partial charge < -0.3 is 9.84 Å². The molecule has 2 heteroatoms. The molecule has 0 saturated heterocycles. The van der Waals surface area contributed by atoms with Gasteiger partial charge >= 0.3 is 0 Å². The van der Waals surface area contributed by atoms with E-state index >= 15 is 0 Å². The van der Waals surface area contributed by atoms with E-state index in [1.807, 2.05) is 7.11 Å². The second-order valence-corrected chi connectivity index (χ2v) is 19.7. The minimum absolute atomic E-state index is 0.0673. The van der Waals surface area contributed by atoms with Crippen molar-refractivity contribution in [3.63, 3.8) is 0 Å². The first-order chi connectivity index (χ1) is 22.9. The van der Waals surface area contributed by atoms with Gasteiger partial charge in [0.25, 0.3) is 0 Å². The average Bonchev–Trinajstić information content (AvgIpc) is 3.06. The van der Waals surface area contributed by atoms with Gasteiger partial charge in [-0.25, -0.2) is 0 Å². The highest BCUT2D eigenvalue weighted by molar-refractivity contribution is 5.09. The molecule has 0 radical (unpaired) electrons. The molecular formula is C46H84O2. The van der Waals surface area contributed by atoms with Crippen molar-refractivity contribution < 1.29 is 9.84 Å². The van der Waals surface area contributed by atoms with E-state index in [1.165, 1.54) is 135 Å². The number of hydrogen-bond acceptors (Lipinski definition) is 2. The number of methoxy groups -OCH3 is 1. The molecule has 0 aromatic rings. The van der Waals surface area contributed by atoms with Crippen LogP contribution in [-0.4, -0.2) is 24.4 Å². The van der Waals surface area contributed by atoms with Gasteiger partial charge in [0.1, 0.15) is 0 Å². The Hall–Kier alpha value is -0.340. The van der Waals surface area contributed by atoms with E-state index in [4.69, 9.17) is 4.74 Å². The third-order valence-electron chi connectivity index (χ3n) is 15.7. The molecule has 4 aliphatic rings. The Morgan fingerprint density at radius 3 is 2.19 bits per heavy atom. The highest BCUT2D eigenvalue weighted by atomic mass is 16.5. The number of allylic oxidation sites excluding steroid dienone is 2. The molecule has 4 fully saturated rings. The van der Waals surface area contributed by atoms with Crippen LogP contribution < -0.4 is 0 Å². The standard InChI is InChI=1S/C46H84O2/c1-10-13-38(14-11-2)39-20-25-46(26-21-39)27-22-40(23-28-46)44(47)31-41-16-12-15-37(36(41)6)18-17-33(3)32-45(7,8)24-19-42-30-43(48-9)29-34(4)35(42)5/h13,33-37,39-44,47H,10-12,14-32H2,1-9H3. The largest absolute Gasteiger partial charge is 0.393 e. The molecule has 0 bridgehead atoms. The Kier molecular flexibility index (Phi) is 16.0. The topological polar surface area (TPSA) is 29.5 Å². The SMILES string of the molecule is CCC=C(CCC)C1CCC2(CC1)CCC(C(O)CC1CCCC(CCC(C)CC(C)(C)CCC3CC(OC)CC(C)C3C)C1C)CC2. The molecule has 4 saturated carbocycles. The van der Waals surface area contributed by atoms with Crippen LogP contribution in [0.2, 0.25) is 0 Å². The van der Waals surface area contributed by atoms with Gasteiger partial charge in [-0.15, -0.1) is 0 Å². The summed E-state index contributed by atoms with van der Waals surface area (Å²) in [5, 5.41) is 11.6.